The molecule has 0 atom stereocenters. The summed E-state index contributed by atoms with van der Waals surface area (Å²) in [6.07, 6.45) is -2.84. The largest absolute Gasteiger partial charge is 0.421 e. The Morgan fingerprint density at radius 2 is 2.07 bits per heavy atom. The van der Waals surface area contributed by atoms with Crippen molar-refractivity contribution in [1.29, 1.82) is 0 Å². The number of hydrogen-bond donors (Lipinski definition) is 4. The monoisotopic (exact) mass is 380 g/mol. The molecule has 0 unspecified atom stereocenters. The minimum absolute atomic E-state index is 0.0309. The van der Waals surface area contributed by atoms with Crippen LogP contribution in [0.15, 0.2) is 24.4 Å². The summed E-state index contributed by atoms with van der Waals surface area (Å²) in [5, 5.41) is 11.2. The molecule has 0 saturated heterocycles. The third kappa shape index (κ3) is 4.64. The Bertz CT molecular complexity index is 840. The first kappa shape index (κ1) is 18.9. The first-order chi connectivity index (χ1) is 12.9. The molecule has 1 aromatic heterocycles. The van der Waals surface area contributed by atoms with Gasteiger partial charge < -0.3 is 21.3 Å². The van der Waals surface area contributed by atoms with Gasteiger partial charge in [-0.15, -0.1) is 0 Å². The second kappa shape index (κ2) is 7.78. The van der Waals surface area contributed by atoms with E-state index in [1.54, 1.807) is 25.2 Å². The summed E-state index contributed by atoms with van der Waals surface area (Å²) in [5.74, 6) is -0.338. The van der Waals surface area contributed by atoms with Crippen molar-refractivity contribution >= 4 is 29.0 Å². The number of aromatic nitrogens is 2. The van der Waals surface area contributed by atoms with Crippen molar-refractivity contribution in [3.63, 3.8) is 0 Å². The van der Waals surface area contributed by atoms with Crippen molar-refractivity contribution in [2.45, 2.75) is 19.0 Å². The predicted octanol–water partition coefficient (Wildman–Crippen LogP) is 2.75. The van der Waals surface area contributed by atoms with E-state index < -0.39 is 11.7 Å². The second-order valence-corrected chi connectivity index (χ2v) is 6.06. The second-order valence-electron chi connectivity index (χ2n) is 6.06. The number of nitrogens with zero attached hydrogens (tertiary/aromatic N) is 2. The Hall–Kier alpha value is -2.88. The maximum atomic E-state index is 13.2. The average Bonchev–Trinajstić information content (AvgIpc) is 2.97. The molecule has 27 heavy (non-hydrogen) atoms. The Kier molecular flexibility index (Phi) is 5.45. The van der Waals surface area contributed by atoms with E-state index in [-0.39, 0.29) is 17.7 Å². The standard InChI is InChI=1S/C17H19F3N6O/c1-21-5-2-6-22-15-12(17(18,19)20)9-23-16(26-15)24-11-4-3-10-7-14(27)25-13(10)8-11/h3-4,8-9,21H,2,5-7H2,1H3,(H,25,27)(H2,22,23,24,26). The van der Waals surface area contributed by atoms with Crippen LogP contribution >= 0.6 is 0 Å². The highest BCUT2D eigenvalue weighted by atomic mass is 19.4. The molecule has 1 aliphatic rings. The molecule has 1 aromatic carbocycles. The number of fused-ring (bicyclic) bond motifs is 1. The zero-order chi connectivity index (χ0) is 19.4. The number of nitrogens with one attached hydrogen (secondary N) is 4. The highest BCUT2D eigenvalue weighted by Crippen LogP contribution is 2.34. The van der Waals surface area contributed by atoms with E-state index in [0.29, 0.717) is 37.3 Å². The van der Waals surface area contributed by atoms with Gasteiger partial charge in [-0.3, -0.25) is 4.79 Å². The number of anilines is 4. The fourth-order valence-electron chi connectivity index (χ4n) is 2.68. The summed E-state index contributed by atoms with van der Waals surface area (Å²) in [5.41, 5.74) is 1.18. The number of rotatable bonds is 7. The topological polar surface area (TPSA) is 91.0 Å². The highest BCUT2D eigenvalue weighted by Gasteiger charge is 2.35. The van der Waals surface area contributed by atoms with E-state index in [0.717, 1.165) is 11.8 Å². The van der Waals surface area contributed by atoms with Gasteiger partial charge in [-0.1, -0.05) is 6.07 Å². The summed E-state index contributed by atoms with van der Waals surface area (Å²) >= 11 is 0. The molecule has 4 N–H and O–H groups in total. The van der Waals surface area contributed by atoms with Gasteiger partial charge in [0.15, 0.2) is 0 Å². The molecule has 2 aromatic rings. The molecule has 1 aliphatic heterocycles. The number of alkyl halides is 3. The van der Waals surface area contributed by atoms with Gasteiger partial charge in [-0.2, -0.15) is 18.2 Å². The van der Waals surface area contributed by atoms with Crippen LogP contribution in [0.1, 0.15) is 17.5 Å². The van der Waals surface area contributed by atoms with Gasteiger partial charge in [-0.05, 0) is 37.7 Å². The zero-order valence-electron chi connectivity index (χ0n) is 14.6. The van der Waals surface area contributed by atoms with Crippen LogP contribution < -0.4 is 21.3 Å². The minimum atomic E-state index is -4.55. The van der Waals surface area contributed by atoms with Crippen LogP contribution in [0, 0.1) is 0 Å². The van der Waals surface area contributed by atoms with Crippen molar-refractivity contribution in [3.8, 4) is 0 Å². The Labute approximate surface area is 153 Å². The molecule has 0 bridgehead atoms. The molecule has 0 radical (unpaired) electrons. The lowest BCUT2D eigenvalue weighted by Gasteiger charge is -2.15. The quantitative estimate of drug-likeness (QED) is 0.552. The van der Waals surface area contributed by atoms with Crippen molar-refractivity contribution in [2.75, 3.05) is 36.1 Å². The molecule has 10 heteroatoms. The molecule has 0 aliphatic carbocycles. The van der Waals surface area contributed by atoms with Crippen molar-refractivity contribution in [3.05, 3.63) is 35.5 Å². The van der Waals surface area contributed by atoms with Crippen molar-refractivity contribution < 1.29 is 18.0 Å². The van der Waals surface area contributed by atoms with Crippen LogP contribution in [0.5, 0.6) is 0 Å². The number of carbonyl (C=O) groups is 1. The van der Waals surface area contributed by atoms with Gasteiger partial charge in [-0.25, -0.2) is 4.98 Å². The zero-order valence-corrected chi connectivity index (χ0v) is 14.6. The lowest BCUT2D eigenvalue weighted by Crippen LogP contribution is -2.17. The summed E-state index contributed by atoms with van der Waals surface area (Å²) < 4.78 is 39.5. The molecule has 3 rings (SSSR count). The summed E-state index contributed by atoms with van der Waals surface area (Å²) in [7, 11) is 1.77. The fourth-order valence-corrected chi connectivity index (χ4v) is 2.68. The Morgan fingerprint density at radius 3 is 2.81 bits per heavy atom. The molecule has 144 valence electrons. The average molecular weight is 380 g/mol. The summed E-state index contributed by atoms with van der Waals surface area (Å²) in [6, 6.07) is 5.19. The predicted molar refractivity (Wildman–Crippen MR) is 96.1 cm³/mol. The normalized spacial score (nSPS) is 13.3. The van der Waals surface area contributed by atoms with E-state index >= 15 is 0 Å². The number of benzene rings is 1. The lowest BCUT2D eigenvalue weighted by atomic mass is 10.1. The van der Waals surface area contributed by atoms with Gasteiger partial charge in [0, 0.05) is 24.1 Å². The van der Waals surface area contributed by atoms with Crippen LogP contribution in [0.4, 0.5) is 36.3 Å². The molecule has 0 fully saturated rings. The number of amides is 1. The van der Waals surface area contributed by atoms with Crippen LogP contribution in [0.3, 0.4) is 0 Å². The molecule has 7 nitrogen and oxygen atoms in total. The molecular weight excluding hydrogens is 361 g/mol. The van der Waals surface area contributed by atoms with Gasteiger partial charge >= 0.3 is 6.18 Å². The number of hydrogen-bond acceptors (Lipinski definition) is 6. The van der Waals surface area contributed by atoms with E-state index in [1.165, 1.54) is 0 Å². The van der Waals surface area contributed by atoms with Crippen LogP contribution in [0.25, 0.3) is 0 Å². The Balaban J connectivity index is 1.79. The molecule has 2 heterocycles. The van der Waals surface area contributed by atoms with Crippen LogP contribution in [-0.4, -0.2) is 36.0 Å². The first-order valence-electron chi connectivity index (χ1n) is 8.39. The third-order valence-corrected chi connectivity index (χ3v) is 3.98. The first-order valence-corrected chi connectivity index (χ1v) is 8.39. The molecule has 0 spiro atoms. The van der Waals surface area contributed by atoms with E-state index in [4.69, 9.17) is 0 Å². The smallest absolute Gasteiger partial charge is 0.369 e. The van der Waals surface area contributed by atoms with Crippen molar-refractivity contribution in [1.82, 2.24) is 15.3 Å². The fraction of sp³-hybridized carbons (Fsp3) is 0.353. The molecular formula is C17H19F3N6O. The van der Waals surface area contributed by atoms with Gasteiger partial charge in [0.2, 0.25) is 11.9 Å². The minimum Gasteiger partial charge on any atom is -0.369 e. The van der Waals surface area contributed by atoms with Crippen LogP contribution in [-0.2, 0) is 17.4 Å². The molecule has 1 amide bonds. The maximum absolute atomic E-state index is 13.2. The van der Waals surface area contributed by atoms with E-state index in [1.807, 2.05) is 0 Å². The van der Waals surface area contributed by atoms with E-state index in [9.17, 15) is 18.0 Å². The van der Waals surface area contributed by atoms with Gasteiger partial charge in [0.1, 0.15) is 11.4 Å². The number of halogens is 3. The third-order valence-electron chi connectivity index (χ3n) is 3.98. The summed E-state index contributed by atoms with van der Waals surface area (Å²) in [6.45, 7) is 1.01. The highest BCUT2D eigenvalue weighted by molar-refractivity contribution is 5.99. The van der Waals surface area contributed by atoms with Crippen LogP contribution in [0.2, 0.25) is 0 Å². The Morgan fingerprint density at radius 1 is 1.26 bits per heavy atom. The van der Waals surface area contributed by atoms with Gasteiger partial charge in [0.25, 0.3) is 0 Å². The maximum Gasteiger partial charge on any atom is 0.421 e. The number of carbonyl (C=O) groups excluding carboxylic acids is 1. The molecule has 0 saturated carbocycles. The van der Waals surface area contributed by atoms with Gasteiger partial charge in [0.05, 0.1) is 6.42 Å². The lowest BCUT2D eigenvalue weighted by molar-refractivity contribution is -0.137. The SMILES string of the molecule is CNCCCNc1nc(Nc2ccc3c(c2)NC(=O)C3)ncc1C(F)(F)F. The summed E-state index contributed by atoms with van der Waals surface area (Å²) in [4.78, 5) is 19.2. The van der Waals surface area contributed by atoms with E-state index in [2.05, 4.69) is 31.2 Å². The van der Waals surface area contributed by atoms with Crippen molar-refractivity contribution in [2.24, 2.45) is 0 Å².